The first-order chi connectivity index (χ1) is 9.73. The summed E-state index contributed by atoms with van der Waals surface area (Å²) in [5, 5.41) is 9.10. The molecule has 0 aliphatic rings. The van der Waals surface area contributed by atoms with Gasteiger partial charge in [-0.1, -0.05) is 26.0 Å². The fourth-order valence-corrected chi connectivity index (χ4v) is 2.38. The number of Topliss-reactive ketones (excluding diaryl/α,β-unsaturated/α-hetero) is 1. The van der Waals surface area contributed by atoms with Crippen molar-refractivity contribution in [1.29, 1.82) is 5.26 Å². The first-order valence-corrected chi connectivity index (χ1v) is 8.62. The minimum absolute atomic E-state index is 0.396. The number of hydrogen-bond donors (Lipinski definition) is 0. The van der Waals surface area contributed by atoms with Gasteiger partial charge < -0.3 is 4.74 Å². The highest BCUT2D eigenvalue weighted by molar-refractivity contribution is 7.91. The van der Waals surface area contributed by atoms with Crippen molar-refractivity contribution in [3.05, 3.63) is 29.8 Å². The third kappa shape index (κ3) is 5.96. The number of hydrogen-bond acceptors (Lipinski definition) is 5. The monoisotopic (exact) mass is 309 g/mol. The average molecular weight is 309 g/mol. The molecule has 0 aliphatic heterocycles. The number of ether oxygens (including phenoxy) is 1. The molecule has 5 nitrogen and oxygen atoms in total. The van der Waals surface area contributed by atoms with E-state index in [0.29, 0.717) is 23.8 Å². The SMILES string of the molecule is CC(C)COc1ccc(C(C#N)C(=O)CS(C)(=O)=O)cc1. The molecular weight excluding hydrogens is 290 g/mol. The van der Waals surface area contributed by atoms with Gasteiger partial charge in [-0.25, -0.2) is 8.42 Å². The smallest absolute Gasteiger partial charge is 0.169 e. The van der Waals surface area contributed by atoms with Crippen molar-refractivity contribution in [3.63, 3.8) is 0 Å². The van der Waals surface area contributed by atoms with Gasteiger partial charge in [0.2, 0.25) is 0 Å². The zero-order valence-corrected chi connectivity index (χ0v) is 13.2. The molecule has 1 aromatic rings. The van der Waals surface area contributed by atoms with E-state index in [2.05, 4.69) is 0 Å². The molecule has 6 heteroatoms. The van der Waals surface area contributed by atoms with E-state index >= 15 is 0 Å². The van der Waals surface area contributed by atoms with Crippen LogP contribution in [-0.4, -0.2) is 32.8 Å². The second kappa shape index (κ2) is 7.23. The highest BCUT2D eigenvalue weighted by Crippen LogP contribution is 2.21. The predicted molar refractivity (Wildman–Crippen MR) is 79.8 cm³/mol. The largest absolute Gasteiger partial charge is 0.493 e. The highest BCUT2D eigenvalue weighted by atomic mass is 32.2. The second-order valence-electron chi connectivity index (χ2n) is 5.37. The van der Waals surface area contributed by atoms with E-state index in [1.807, 2.05) is 19.9 Å². The van der Waals surface area contributed by atoms with Crippen LogP contribution in [0, 0.1) is 17.2 Å². The Morgan fingerprint density at radius 2 is 1.86 bits per heavy atom. The van der Waals surface area contributed by atoms with E-state index < -0.39 is 27.3 Å². The van der Waals surface area contributed by atoms with Gasteiger partial charge in [0.15, 0.2) is 15.6 Å². The van der Waals surface area contributed by atoms with Crippen LogP contribution in [0.25, 0.3) is 0 Å². The van der Waals surface area contributed by atoms with Gasteiger partial charge in [-0.2, -0.15) is 5.26 Å². The molecule has 0 saturated heterocycles. The molecule has 1 atom stereocenters. The van der Waals surface area contributed by atoms with Gasteiger partial charge in [0.25, 0.3) is 0 Å². The summed E-state index contributed by atoms with van der Waals surface area (Å²) in [5.41, 5.74) is 0.475. The number of ketones is 1. The van der Waals surface area contributed by atoms with Crippen LogP contribution in [0.2, 0.25) is 0 Å². The number of rotatable bonds is 7. The first kappa shape index (κ1) is 17.2. The topological polar surface area (TPSA) is 84.2 Å². The molecule has 0 radical (unpaired) electrons. The van der Waals surface area contributed by atoms with Crippen LogP contribution in [-0.2, 0) is 14.6 Å². The van der Waals surface area contributed by atoms with Gasteiger partial charge in [-0.05, 0) is 23.6 Å². The minimum Gasteiger partial charge on any atom is -0.493 e. The van der Waals surface area contributed by atoms with E-state index in [9.17, 15) is 13.2 Å². The van der Waals surface area contributed by atoms with Crippen molar-refractivity contribution in [2.24, 2.45) is 5.92 Å². The normalized spacial score (nSPS) is 12.7. The Morgan fingerprint density at radius 1 is 1.29 bits per heavy atom. The van der Waals surface area contributed by atoms with E-state index in [4.69, 9.17) is 10.00 Å². The maximum Gasteiger partial charge on any atom is 0.169 e. The van der Waals surface area contributed by atoms with Crippen molar-refractivity contribution in [2.45, 2.75) is 19.8 Å². The van der Waals surface area contributed by atoms with E-state index in [1.54, 1.807) is 24.3 Å². The number of nitriles is 1. The van der Waals surface area contributed by atoms with Crippen LogP contribution in [0.1, 0.15) is 25.3 Å². The summed E-state index contributed by atoms with van der Waals surface area (Å²) >= 11 is 0. The lowest BCUT2D eigenvalue weighted by molar-refractivity contribution is -0.116. The average Bonchev–Trinajstić information content (AvgIpc) is 2.36. The lowest BCUT2D eigenvalue weighted by atomic mass is 9.97. The number of carbonyl (C=O) groups is 1. The first-order valence-electron chi connectivity index (χ1n) is 6.55. The molecule has 0 amide bonds. The zero-order valence-electron chi connectivity index (χ0n) is 12.4. The molecule has 1 rings (SSSR count). The molecule has 21 heavy (non-hydrogen) atoms. The summed E-state index contributed by atoms with van der Waals surface area (Å²) in [5.74, 6) is -1.26. The van der Waals surface area contributed by atoms with Crippen molar-refractivity contribution < 1.29 is 17.9 Å². The predicted octanol–water partition coefficient (Wildman–Crippen LogP) is 1.94. The Balaban J connectivity index is 2.83. The van der Waals surface area contributed by atoms with Crippen LogP contribution in [0.3, 0.4) is 0 Å². The molecule has 1 unspecified atom stereocenters. The standard InChI is InChI=1S/C15H19NO4S/c1-11(2)9-20-13-6-4-12(5-7-13)14(8-16)15(17)10-21(3,18)19/h4-7,11,14H,9-10H2,1-3H3. The van der Waals surface area contributed by atoms with Crippen LogP contribution in [0.15, 0.2) is 24.3 Å². The number of sulfone groups is 1. The van der Waals surface area contributed by atoms with Crippen molar-refractivity contribution in [3.8, 4) is 11.8 Å². The van der Waals surface area contributed by atoms with E-state index in [1.165, 1.54) is 0 Å². The molecule has 0 fully saturated rings. The zero-order chi connectivity index (χ0) is 16.0. The Kier molecular flexibility index (Phi) is 5.91. The number of nitrogens with zero attached hydrogens (tertiary/aromatic N) is 1. The molecule has 0 aromatic heterocycles. The highest BCUT2D eigenvalue weighted by Gasteiger charge is 2.23. The maximum atomic E-state index is 11.9. The Bertz CT molecular complexity index is 627. The summed E-state index contributed by atoms with van der Waals surface area (Å²) < 4.78 is 27.8. The molecule has 0 N–H and O–H groups in total. The Morgan fingerprint density at radius 3 is 2.29 bits per heavy atom. The lowest BCUT2D eigenvalue weighted by Crippen LogP contribution is -2.20. The summed E-state index contributed by atoms with van der Waals surface area (Å²) in [6.07, 6.45) is 0.974. The summed E-state index contributed by atoms with van der Waals surface area (Å²) in [6.45, 7) is 4.64. The van der Waals surface area contributed by atoms with Gasteiger partial charge in [0.1, 0.15) is 17.4 Å². The van der Waals surface area contributed by atoms with E-state index in [0.717, 1.165) is 6.26 Å². The van der Waals surface area contributed by atoms with Crippen molar-refractivity contribution >= 4 is 15.6 Å². The number of benzene rings is 1. The quantitative estimate of drug-likeness (QED) is 0.768. The van der Waals surface area contributed by atoms with Gasteiger partial charge in [-0.3, -0.25) is 4.79 Å². The fourth-order valence-electron chi connectivity index (χ4n) is 1.69. The summed E-state index contributed by atoms with van der Waals surface area (Å²) in [6, 6.07) is 8.44. The molecule has 0 saturated carbocycles. The molecule has 114 valence electrons. The molecule has 1 aromatic carbocycles. The number of carbonyl (C=O) groups excluding carboxylic acids is 1. The van der Waals surface area contributed by atoms with Crippen LogP contribution in [0.4, 0.5) is 0 Å². The Labute approximate surface area is 125 Å². The van der Waals surface area contributed by atoms with Crippen LogP contribution in [0.5, 0.6) is 5.75 Å². The maximum absolute atomic E-state index is 11.9. The van der Waals surface area contributed by atoms with Gasteiger partial charge in [0, 0.05) is 6.26 Å². The van der Waals surface area contributed by atoms with Gasteiger partial charge >= 0.3 is 0 Å². The summed E-state index contributed by atoms with van der Waals surface area (Å²) in [4.78, 5) is 11.9. The van der Waals surface area contributed by atoms with Crippen molar-refractivity contribution in [1.82, 2.24) is 0 Å². The molecular formula is C15H19NO4S. The molecule has 0 aliphatic carbocycles. The van der Waals surface area contributed by atoms with Gasteiger partial charge in [0.05, 0.1) is 12.7 Å². The molecule has 0 heterocycles. The van der Waals surface area contributed by atoms with Crippen LogP contribution >= 0.6 is 0 Å². The van der Waals surface area contributed by atoms with E-state index in [-0.39, 0.29) is 0 Å². The van der Waals surface area contributed by atoms with Crippen molar-refractivity contribution in [2.75, 3.05) is 18.6 Å². The Hall–Kier alpha value is -1.87. The minimum atomic E-state index is -3.44. The third-order valence-electron chi connectivity index (χ3n) is 2.65. The third-order valence-corrected chi connectivity index (χ3v) is 3.46. The second-order valence-corrected chi connectivity index (χ2v) is 7.51. The molecule has 0 bridgehead atoms. The van der Waals surface area contributed by atoms with Crippen LogP contribution < -0.4 is 4.74 Å². The molecule has 0 spiro atoms. The summed E-state index contributed by atoms with van der Waals surface area (Å²) in [7, 11) is -3.44. The van der Waals surface area contributed by atoms with Gasteiger partial charge in [-0.15, -0.1) is 0 Å². The fraction of sp³-hybridized carbons (Fsp3) is 0.467. The lowest BCUT2D eigenvalue weighted by Gasteiger charge is -2.11.